The Morgan fingerprint density at radius 1 is 1.00 bits per heavy atom. The third kappa shape index (κ3) is 4.45. The van der Waals surface area contributed by atoms with E-state index in [2.05, 4.69) is 29.6 Å². The van der Waals surface area contributed by atoms with Crippen LogP contribution in [0, 0.1) is 11.8 Å². The van der Waals surface area contributed by atoms with Gasteiger partial charge in [-0.1, -0.05) is 48.5 Å². The van der Waals surface area contributed by atoms with Crippen molar-refractivity contribution in [2.45, 2.75) is 37.6 Å². The highest BCUT2D eigenvalue weighted by atomic mass is 16.5. The van der Waals surface area contributed by atoms with Crippen LogP contribution in [0.2, 0.25) is 0 Å². The van der Waals surface area contributed by atoms with Gasteiger partial charge in [0.1, 0.15) is 12.6 Å². The first-order chi connectivity index (χ1) is 16.0. The van der Waals surface area contributed by atoms with Crippen LogP contribution in [0.5, 0.6) is 0 Å². The monoisotopic (exact) mass is 448 g/mol. The molecule has 1 unspecified atom stereocenters. The van der Waals surface area contributed by atoms with Crippen molar-refractivity contribution in [1.82, 2.24) is 10.2 Å². The number of likely N-dealkylation sites (tertiary alicyclic amines) is 1. The summed E-state index contributed by atoms with van der Waals surface area (Å²) in [4.78, 5) is 38.1. The van der Waals surface area contributed by atoms with E-state index < -0.39 is 18.1 Å². The normalized spacial score (nSPS) is 18.1. The van der Waals surface area contributed by atoms with Crippen LogP contribution in [0.1, 0.15) is 42.7 Å². The van der Waals surface area contributed by atoms with Crippen LogP contribution < -0.4 is 5.32 Å². The molecule has 0 radical (unpaired) electrons. The summed E-state index contributed by atoms with van der Waals surface area (Å²) in [7, 11) is 0. The number of rotatable bonds is 8. The van der Waals surface area contributed by atoms with Crippen LogP contribution in [0.15, 0.2) is 48.5 Å². The zero-order chi connectivity index (χ0) is 22.9. The molecule has 0 bridgehead atoms. The minimum Gasteiger partial charge on any atom is -0.481 e. The van der Waals surface area contributed by atoms with Crippen molar-refractivity contribution in [3.05, 3.63) is 59.7 Å². The molecule has 172 valence electrons. The van der Waals surface area contributed by atoms with Gasteiger partial charge in [-0.2, -0.15) is 0 Å². The number of carboxylic acid groups (broad SMARTS) is 1. The minimum absolute atomic E-state index is 0.0244. The number of carbonyl (C=O) groups is 3. The summed E-state index contributed by atoms with van der Waals surface area (Å²) < 4.78 is 5.63. The highest BCUT2D eigenvalue weighted by Crippen LogP contribution is 2.44. The van der Waals surface area contributed by atoms with Gasteiger partial charge in [0.2, 0.25) is 5.91 Å². The number of aliphatic carboxylic acids is 1. The molecule has 7 nitrogen and oxygen atoms in total. The Bertz CT molecular complexity index is 1030. The number of benzene rings is 2. The molecule has 1 saturated heterocycles. The number of amides is 2. The molecule has 2 amide bonds. The van der Waals surface area contributed by atoms with Gasteiger partial charge in [-0.3, -0.25) is 9.59 Å². The van der Waals surface area contributed by atoms with Gasteiger partial charge in [0, 0.05) is 25.4 Å². The van der Waals surface area contributed by atoms with Crippen molar-refractivity contribution in [2.75, 3.05) is 19.7 Å². The topological polar surface area (TPSA) is 95.9 Å². The van der Waals surface area contributed by atoms with E-state index in [-0.39, 0.29) is 36.7 Å². The van der Waals surface area contributed by atoms with Crippen LogP contribution in [-0.2, 0) is 14.3 Å². The average molecular weight is 449 g/mol. The Labute approximate surface area is 192 Å². The molecule has 33 heavy (non-hydrogen) atoms. The molecule has 1 aliphatic heterocycles. The number of ether oxygens (including phenoxy) is 1. The first kappa shape index (κ1) is 21.5. The predicted octanol–water partition coefficient (Wildman–Crippen LogP) is 3.63. The number of carboxylic acids is 1. The van der Waals surface area contributed by atoms with Crippen molar-refractivity contribution < 1.29 is 24.2 Å². The Morgan fingerprint density at radius 3 is 2.18 bits per heavy atom. The van der Waals surface area contributed by atoms with Gasteiger partial charge in [-0.25, -0.2) is 4.79 Å². The van der Waals surface area contributed by atoms with Gasteiger partial charge in [-0.05, 0) is 53.4 Å². The Balaban J connectivity index is 1.18. The summed E-state index contributed by atoms with van der Waals surface area (Å²) >= 11 is 0. The molecular formula is C26H28N2O5. The molecule has 2 fully saturated rings. The molecule has 1 atom stereocenters. The summed E-state index contributed by atoms with van der Waals surface area (Å²) in [5, 5.41) is 11.6. The van der Waals surface area contributed by atoms with Crippen molar-refractivity contribution in [1.29, 1.82) is 0 Å². The van der Waals surface area contributed by atoms with E-state index >= 15 is 0 Å². The fraction of sp³-hybridized carbons (Fsp3) is 0.423. The Hall–Kier alpha value is -3.35. The van der Waals surface area contributed by atoms with Crippen LogP contribution in [-0.4, -0.2) is 53.7 Å². The van der Waals surface area contributed by atoms with Gasteiger partial charge in [0.25, 0.3) is 0 Å². The molecule has 2 aromatic rings. The van der Waals surface area contributed by atoms with E-state index in [1.54, 1.807) is 4.90 Å². The molecule has 1 saturated carbocycles. The fourth-order valence-electron chi connectivity index (χ4n) is 5.03. The van der Waals surface area contributed by atoms with Crippen molar-refractivity contribution in [3.63, 3.8) is 0 Å². The number of nitrogens with zero attached hydrogens (tertiary/aromatic N) is 1. The number of alkyl carbamates (subject to hydrolysis) is 1. The second-order valence-electron chi connectivity index (χ2n) is 9.33. The second kappa shape index (κ2) is 8.89. The lowest BCUT2D eigenvalue weighted by atomic mass is 9.93. The molecule has 3 aliphatic rings. The van der Waals surface area contributed by atoms with Gasteiger partial charge in [-0.15, -0.1) is 0 Å². The summed E-state index contributed by atoms with van der Waals surface area (Å²) in [5.41, 5.74) is 4.63. The number of hydrogen-bond donors (Lipinski definition) is 2. The quantitative estimate of drug-likeness (QED) is 0.643. The van der Waals surface area contributed by atoms with E-state index in [1.165, 1.54) is 11.1 Å². The third-order valence-corrected chi connectivity index (χ3v) is 7.01. The third-order valence-electron chi connectivity index (χ3n) is 7.01. The minimum atomic E-state index is -0.812. The van der Waals surface area contributed by atoms with Gasteiger partial charge in [0.05, 0.1) is 0 Å². The molecule has 7 heteroatoms. The Kier molecular flexibility index (Phi) is 5.79. The lowest BCUT2D eigenvalue weighted by molar-refractivity contribution is -0.141. The molecular weight excluding hydrogens is 420 g/mol. The average Bonchev–Trinajstić information content (AvgIpc) is 3.57. The lowest BCUT2D eigenvalue weighted by Crippen LogP contribution is -2.57. The highest BCUT2D eigenvalue weighted by Gasteiger charge is 2.43. The van der Waals surface area contributed by atoms with E-state index in [4.69, 9.17) is 9.84 Å². The van der Waals surface area contributed by atoms with Crippen molar-refractivity contribution in [2.24, 2.45) is 11.8 Å². The van der Waals surface area contributed by atoms with Crippen molar-refractivity contribution >= 4 is 18.0 Å². The predicted molar refractivity (Wildman–Crippen MR) is 122 cm³/mol. The summed E-state index contributed by atoms with van der Waals surface area (Å²) in [5.74, 6) is -0.552. The first-order valence-electron chi connectivity index (χ1n) is 11.6. The highest BCUT2D eigenvalue weighted by molar-refractivity contribution is 5.87. The van der Waals surface area contributed by atoms with E-state index in [0.717, 1.165) is 24.0 Å². The van der Waals surface area contributed by atoms with Gasteiger partial charge in [0.15, 0.2) is 0 Å². The largest absolute Gasteiger partial charge is 0.481 e. The number of fused-ring (bicyclic) bond motifs is 3. The van der Waals surface area contributed by atoms with Gasteiger partial charge < -0.3 is 20.1 Å². The molecule has 1 heterocycles. The van der Waals surface area contributed by atoms with Crippen LogP contribution >= 0.6 is 0 Å². The molecule has 2 aromatic carbocycles. The number of hydrogen-bond acceptors (Lipinski definition) is 4. The van der Waals surface area contributed by atoms with Crippen LogP contribution in [0.3, 0.4) is 0 Å². The van der Waals surface area contributed by atoms with E-state index in [1.807, 2.05) is 24.3 Å². The van der Waals surface area contributed by atoms with E-state index in [9.17, 15) is 14.4 Å². The molecule has 2 aliphatic carbocycles. The molecule has 0 spiro atoms. The molecule has 5 rings (SSSR count). The lowest BCUT2D eigenvalue weighted by Gasteiger charge is -2.41. The first-order valence-corrected chi connectivity index (χ1v) is 11.6. The zero-order valence-electron chi connectivity index (χ0n) is 18.4. The van der Waals surface area contributed by atoms with E-state index in [0.29, 0.717) is 19.5 Å². The zero-order valence-corrected chi connectivity index (χ0v) is 18.4. The summed E-state index contributed by atoms with van der Waals surface area (Å²) in [6.07, 6.45) is 1.96. The summed E-state index contributed by atoms with van der Waals surface area (Å²) in [6, 6.07) is 15.8. The Morgan fingerprint density at radius 2 is 1.61 bits per heavy atom. The molecule has 0 aromatic heterocycles. The molecule has 2 N–H and O–H groups in total. The van der Waals surface area contributed by atoms with Crippen LogP contribution in [0.25, 0.3) is 11.1 Å². The maximum atomic E-state index is 13.0. The number of carbonyl (C=O) groups excluding carboxylic acids is 2. The maximum Gasteiger partial charge on any atom is 0.407 e. The smallest absolute Gasteiger partial charge is 0.407 e. The van der Waals surface area contributed by atoms with Crippen molar-refractivity contribution in [3.8, 4) is 11.1 Å². The fourth-order valence-corrected chi connectivity index (χ4v) is 5.03. The second-order valence-corrected chi connectivity index (χ2v) is 9.33. The SMILES string of the molecule is O=C(O)CCC1CN(C(=O)C(NC(=O)OCC2c3ccccc3-c3ccccc32)C2CC2)C1. The van der Waals surface area contributed by atoms with Crippen LogP contribution in [0.4, 0.5) is 4.79 Å². The number of nitrogens with one attached hydrogen (secondary N) is 1. The standard InChI is InChI=1S/C26H28N2O5/c29-23(30)12-9-16-13-28(14-16)25(31)24(17-10-11-17)27-26(32)33-15-22-20-7-3-1-5-18(20)19-6-2-4-8-21(19)22/h1-8,16-17,22,24H,9-15H2,(H,27,32)(H,29,30). The maximum absolute atomic E-state index is 13.0. The summed E-state index contributed by atoms with van der Waals surface area (Å²) in [6.45, 7) is 1.33. The van der Waals surface area contributed by atoms with Gasteiger partial charge >= 0.3 is 12.1 Å².